The fourth-order valence-corrected chi connectivity index (χ4v) is 4.78. The molecule has 3 aromatic rings. The number of ether oxygens (including phenoxy) is 1. The van der Waals surface area contributed by atoms with Gasteiger partial charge in [0.15, 0.2) is 0 Å². The van der Waals surface area contributed by atoms with Gasteiger partial charge in [0.1, 0.15) is 0 Å². The van der Waals surface area contributed by atoms with Gasteiger partial charge in [-0.1, -0.05) is 87.1 Å². The second-order valence-corrected chi connectivity index (χ2v) is 13.8. The highest BCUT2D eigenvalue weighted by molar-refractivity contribution is 6.76. The van der Waals surface area contributed by atoms with Crippen molar-refractivity contribution in [2.75, 3.05) is 6.61 Å². The van der Waals surface area contributed by atoms with Crippen LogP contribution in [0.1, 0.15) is 24.8 Å². The van der Waals surface area contributed by atoms with Crippen molar-refractivity contribution in [2.24, 2.45) is 0 Å². The molecule has 0 fully saturated rings. The lowest BCUT2D eigenvalue weighted by Crippen LogP contribution is -2.18. The minimum atomic E-state index is -0.880. The fourth-order valence-electron chi connectivity index (χ4n) is 3.47. The molecule has 0 atom stereocenters. The number of unbranched alkanes of at least 4 members (excludes halogenated alkanes) is 2. The Hall–Kier alpha value is -1.64. The van der Waals surface area contributed by atoms with Gasteiger partial charge in [-0.2, -0.15) is 0 Å². The lowest BCUT2D eigenvalue weighted by atomic mass is 9.97. The van der Waals surface area contributed by atoms with E-state index in [0.717, 1.165) is 6.61 Å². The third kappa shape index (κ3) is 4.93. The average molecular weight is 351 g/mol. The molecule has 1 nitrogen and oxygen atoms in total. The Balaban J connectivity index is 1.64. The summed E-state index contributed by atoms with van der Waals surface area (Å²) in [5.74, 6) is 0. The van der Waals surface area contributed by atoms with Crippen LogP contribution in [-0.2, 0) is 11.3 Å². The Kier molecular flexibility index (Phi) is 5.92. The van der Waals surface area contributed by atoms with Crippen LogP contribution in [0.5, 0.6) is 0 Å². The van der Waals surface area contributed by atoms with Gasteiger partial charge in [0.05, 0.1) is 6.61 Å². The third-order valence-corrected chi connectivity index (χ3v) is 6.70. The van der Waals surface area contributed by atoms with Crippen molar-refractivity contribution in [1.29, 1.82) is 0 Å². The molecule has 0 aliphatic rings. The zero-order chi connectivity index (χ0) is 17.7. The lowest BCUT2D eigenvalue weighted by molar-refractivity contribution is 0.118. The molecule has 2 heteroatoms. The highest BCUT2D eigenvalue weighted by Crippen LogP contribution is 2.29. The van der Waals surface area contributed by atoms with E-state index in [2.05, 4.69) is 74.2 Å². The molecule has 0 N–H and O–H groups in total. The molecular weight excluding hydrogens is 320 g/mol. The normalized spacial score (nSPS) is 12.1. The Labute approximate surface area is 153 Å². The van der Waals surface area contributed by atoms with Crippen molar-refractivity contribution in [3.63, 3.8) is 0 Å². The summed E-state index contributed by atoms with van der Waals surface area (Å²) in [6.45, 7) is 8.93. The Bertz CT molecular complexity index is 778. The van der Waals surface area contributed by atoms with Crippen LogP contribution in [0.25, 0.3) is 21.5 Å². The smallest absolute Gasteiger partial charge is 0.0728 e. The quantitative estimate of drug-likeness (QED) is 0.241. The summed E-state index contributed by atoms with van der Waals surface area (Å²) in [6.07, 6.45) is 3.82. The topological polar surface area (TPSA) is 9.23 Å². The molecule has 0 saturated carbocycles. The van der Waals surface area contributed by atoms with Gasteiger partial charge >= 0.3 is 0 Å². The van der Waals surface area contributed by atoms with Crippen LogP contribution in [0.4, 0.5) is 0 Å². The second-order valence-electron chi connectivity index (χ2n) is 8.22. The summed E-state index contributed by atoms with van der Waals surface area (Å²) in [7, 11) is -0.880. The van der Waals surface area contributed by atoms with Crippen LogP contribution in [0.3, 0.4) is 0 Å². The van der Waals surface area contributed by atoms with Crippen molar-refractivity contribution in [3.8, 4) is 0 Å². The number of hydrogen-bond donors (Lipinski definition) is 0. The van der Waals surface area contributed by atoms with E-state index < -0.39 is 8.07 Å². The first-order valence-corrected chi connectivity index (χ1v) is 13.2. The molecule has 25 heavy (non-hydrogen) atoms. The zero-order valence-electron chi connectivity index (χ0n) is 15.8. The second kappa shape index (κ2) is 8.16. The maximum Gasteiger partial charge on any atom is 0.0728 e. The Morgan fingerprint density at radius 3 is 1.96 bits per heavy atom. The van der Waals surface area contributed by atoms with Gasteiger partial charge in [0, 0.05) is 14.7 Å². The molecule has 0 aromatic heterocycles. The van der Waals surface area contributed by atoms with Gasteiger partial charge < -0.3 is 4.74 Å². The SMILES string of the molecule is C[Si](C)(C)CCCCCOCc1c2ccccc2cc2ccccc12. The van der Waals surface area contributed by atoms with E-state index in [1.807, 2.05) is 0 Å². The maximum atomic E-state index is 6.08. The molecule has 3 aromatic carbocycles. The molecule has 0 bridgehead atoms. The van der Waals surface area contributed by atoms with E-state index in [0.29, 0.717) is 6.61 Å². The van der Waals surface area contributed by atoms with Gasteiger partial charge in [-0.3, -0.25) is 0 Å². The number of rotatable bonds is 8. The largest absolute Gasteiger partial charge is 0.377 e. The van der Waals surface area contributed by atoms with Gasteiger partial charge in [0.2, 0.25) is 0 Å². The molecular formula is C23H30OSi. The van der Waals surface area contributed by atoms with Gasteiger partial charge in [-0.05, 0) is 39.6 Å². The first kappa shape index (κ1) is 18.2. The zero-order valence-corrected chi connectivity index (χ0v) is 16.8. The molecule has 0 unspecified atom stereocenters. The van der Waals surface area contributed by atoms with Crippen LogP contribution < -0.4 is 0 Å². The minimum Gasteiger partial charge on any atom is -0.377 e. The summed E-state index contributed by atoms with van der Waals surface area (Å²) in [5, 5.41) is 5.24. The van der Waals surface area contributed by atoms with Crippen LogP contribution in [0, 0.1) is 0 Å². The summed E-state index contributed by atoms with van der Waals surface area (Å²) < 4.78 is 6.08. The molecule has 0 heterocycles. The lowest BCUT2D eigenvalue weighted by Gasteiger charge is -2.15. The summed E-state index contributed by atoms with van der Waals surface area (Å²) >= 11 is 0. The van der Waals surface area contributed by atoms with E-state index in [1.165, 1.54) is 52.4 Å². The van der Waals surface area contributed by atoms with Crippen molar-refractivity contribution in [1.82, 2.24) is 0 Å². The van der Waals surface area contributed by atoms with E-state index >= 15 is 0 Å². The maximum absolute atomic E-state index is 6.08. The number of fused-ring (bicyclic) bond motifs is 2. The van der Waals surface area contributed by atoms with Crippen LogP contribution >= 0.6 is 0 Å². The number of hydrogen-bond acceptors (Lipinski definition) is 1. The van der Waals surface area contributed by atoms with Crippen LogP contribution in [-0.4, -0.2) is 14.7 Å². The van der Waals surface area contributed by atoms with E-state index in [-0.39, 0.29) is 0 Å². The molecule has 132 valence electrons. The van der Waals surface area contributed by atoms with Crippen LogP contribution in [0.15, 0.2) is 54.6 Å². The van der Waals surface area contributed by atoms with E-state index in [4.69, 9.17) is 4.74 Å². The Morgan fingerprint density at radius 2 is 1.36 bits per heavy atom. The monoisotopic (exact) mass is 350 g/mol. The molecule has 0 amide bonds. The average Bonchev–Trinajstić information content (AvgIpc) is 2.59. The third-order valence-electron chi connectivity index (χ3n) is 4.84. The predicted molar refractivity (Wildman–Crippen MR) is 113 cm³/mol. The molecule has 0 radical (unpaired) electrons. The van der Waals surface area contributed by atoms with E-state index in [1.54, 1.807) is 0 Å². The van der Waals surface area contributed by atoms with Crippen molar-refractivity contribution in [2.45, 2.75) is 51.6 Å². The molecule has 0 spiro atoms. The molecule has 0 aliphatic carbocycles. The predicted octanol–water partition coefficient (Wildman–Crippen LogP) is 7.02. The first-order valence-electron chi connectivity index (χ1n) is 9.52. The molecule has 0 saturated heterocycles. The van der Waals surface area contributed by atoms with Crippen molar-refractivity contribution < 1.29 is 4.74 Å². The van der Waals surface area contributed by atoms with Gasteiger partial charge in [-0.25, -0.2) is 0 Å². The highest BCUT2D eigenvalue weighted by atomic mass is 28.3. The van der Waals surface area contributed by atoms with Crippen molar-refractivity contribution >= 4 is 29.6 Å². The number of benzene rings is 3. The molecule has 0 aliphatic heterocycles. The van der Waals surface area contributed by atoms with E-state index in [9.17, 15) is 0 Å². The first-order chi connectivity index (χ1) is 12.0. The van der Waals surface area contributed by atoms with Crippen molar-refractivity contribution in [3.05, 3.63) is 60.2 Å². The fraction of sp³-hybridized carbons (Fsp3) is 0.391. The minimum absolute atomic E-state index is 0.704. The van der Waals surface area contributed by atoms with Gasteiger partial charge in [-0.15, -0.1) is 0 Å². The summed E-state index contributed by atoms with van der Waals surface area (Å²) in [6, 6.07) is 21.0. The summed E-state index contributed by atoms with van der Waals surface area (Å²) in [5.41, 5.74) is 1.33. The standard InChI is InChI=1S/C23H30OSi/c1-25(2,3)16-10-4-9-15-24-18-23-21-13-7-5-11-19(21)17-20-12-6-8-14-22(20)23/h5-8,11-14,17H,4,9-10,15-16,18H2,1-3H3. The van der Waals surface area contributed by atoms with Gasteiger partial charge in [0.25, 0.3) is 0 Å². The summed E-state index contributed by atoms with van der Waals surface area (Å²) in [4.78, 5) is 0. The highest BCUT2D eigenvalue weighted by Gasteiger charge is 2.11. The van der Waals surface area contributed by atoms with Crippen LogP contribution in [0.2, 0.25) is 25.7 Å². The Morgan fingerprint density at radius 1 is 0.760 bits per heavy atom. The molecule has 3 rings (SSSR count).